The van der Waals surface area contributed by atoms with Crippen LogP contribution in [0.25, 0.3) is 0 Å². The predicted molar refractivity (Wildman–Crippen MR) is 77.7 cm³/mol. The van der Waals surface area contributed by atoms with Gasteiger partial charge in [-0.15, -0.1) is 0 Å². The molecule has 2 rings (SSSR count). The third-order valence-corrected chi connectivity index (χ3v) is 5.57. The van der Waals surface area contributed by atoms with Gasteiger partial charge in [-0.3, -0.25) is 0 Å². The quantitative estimate of drug-likeness (QED) is 0.821. The van der Waals surface area contributed by atoms with Gasteiger partial charge in [-0.25, -0.2) is 13.1 Å². The van der Waals surface area contributed by atoms with Crippen LogP contribution in [0.5, 0.6) is 0 Å². The lowest BCUT2D eigenvalue weighted by molar-refractivity contribution is 0.297. The van der Waals surface area contributed by atoms with Gasteiger partial charge in [0.05, 0.1) is 4.90 Å². The van der Waals surface area contributed by atoms with Crippen LogP contribution in [0.2, 0.25) is 5.02 Å². The largest absolute Gasteiger partial charge is 0.398 e. The second-order valence-electron chi connectivity index (χ2n) is 5.10. The molecule has 0 radical (unpaired) electrons. The molecule has 1 aliphatic rings. The van der Waals surface area contributed by atoms with Gasteiger partial charge in [0.1, 0.15) is 0 Å². The van der Waals surface area contributed by atoms with Crippen molar-refractivity contribution in [3.63, 3.8) is 0 Å². The molecule has 0 unspecified atom stereocenters. The molecular weight excluding hydrogens is 284 g/mol. The molecule has 1 fully saturated rings. The topological polar surface area (TPSA) is 72.2 Å². The number of rotatable bonds is 5. The Hall–Kier alpha value is -0.780. The number of hydrogen-bond donors (Lipinski definition) is 2. The van der Waals surface area contributed by atoms with Gasteiger partial charge in [-0.1, -0.05) is 30.9 Å². The zero-order valence-corrected chi connectivity index (χ0v) is 12.5. The Morgan fingerprint density at radius 3 is 2.63 bits per heavy atom. The lowest BCUT2D eigenvalue weighted by Gasteiger charge is -2.25. The predicted octanol–water partition coefficient (Wildman–Crippen LogP) is 2.70. The Labute approximate surface area is 119 Å². The standard InChI is InChI=1S/C13H19ClN2O2S/c1-9-12(14)7-11(8-13(9)15)19(17,18)16-6-5-10-3-2-4-10/h7-8,10,16H,2-6,15H2,1H3. The molecule has 1 aromatic rings. The van der Waals surface area contributed by atoms with E-state index in [4.69, 9.17) is 17.3 Å². The van der Waals surface area contributed by atoms with Gasteiger partial charge in [0.15, 0.2) is 0 Å². The van der Waals surface area contributed by atoms with Gasteiger partial charge in [-0.2, -0.15) is 0 Å². The summed E-state index contributed by atoms with van der Waals surface area (Å²) in [6.07, 6.45) is 4.59. The van der Waals surface area contributed by atoms with Gasteiger partial charge in [0.25, 0.3) is 0 Å². The highest BCUT2D eigenvalue weighted by Gasteiger charge is 2.20. The highest BCUT2D eigenvalue weighted by atomic mass is 35.5. The van der Waals surface area contributed by atoms with Crippen molar-refractivity contribution >= 4 is 27.3 Å². The Bertz CT molecular complexity index is 545. The fourth-order valence-corrected chi connectivity index (χ4v) is 3.49. The zero-order valence-electron chi connectivity index (χ0n) is 10.9. The molecule has 0 heterocycles. The minimum Gasteiger partial charge on any atom is -0.398 e. The molecule has 106 valence electrons. The SMILES string of the molecule is Cc1c(N)cc(S(=O)(=O)NCCC2CCC2)cc1Cl. The molecule has 3 N–H and O–H groups in total. The van der Waals surface area contributed by atoms with Crippen LogP contribution in [0.3, 0.4) is 0 Å². The molecule has 19 heavy (non-hydrogen) atoms. The van der Waals surface area contributed by atoms with Crippen LogP contribution in [0.4, 0.5) is 5.69 Å². The van der Waals surface area contributed by atoms with Crippen molar-refractivity contribution in [3.8, 4) is 0 Å². The van der Waals surface area contributed by atoms with Crippen LogP contribution >= 0.6 is 11.6 Å². The zero-order chi connectivity index (χ0) is 14.0. The van der Waals surface area contributed by atoms with Crippen LogP contribution in [0.15, 0.2) is 17.0 Å². The van der Waals surface area contributed by atoms with Crippen LogP contribution in [-0.4, -0.2) is 15.0 Å². The second kappa shape index (κ2) is 5.69. The van der Waals surface area contributed by atoms with E-state index in [2.05, 4.69) is 4.72 Å². The van der Waals surface area contributed by atoms with E-state index in [1.165, 1.54) is 31.4 Å². The van der Waals surface area contributed by atoms with Crippen molar-refractivity contribution in [1.82, 2.24) is 4.72 Å². The van der Waals surface area contributed by atoms with E-state index in [0.29, 0.717) is 28.7 Å². The maximum Gasteiger partial charge on any atom is 0.240 e. The smallest absolute Gasteiger partial charge is 0.240 e. The minimum absolute atomic E-state index is 0.134. The first-order chi connectivity index (χ1) is 8.90. The van der Waals surface area contributed by atoms with E-state index >= 15 is 0 Å². The number of nitrogens with two attached hydrogens (primary N) is 1. The Morgan fingerprint density at radius 1 is 1.42 bits per heavy atom. The molecule has 1 saturated carbocycles. The summed E-state index contributed by atoms with van der Waals surface area (Å²) in [4.78, 5) is 0.134. The molecule has 4 nitrogen and oxygen atoms in total. The maximum atomic E-state index is 12.1. The van der Waals surface area contributed by atoms with Crippen LogP contribution in [0, 0.1) is 12.8 Å². The third-order valence-electron chi connectivity index (χ3n) is 3.74. The normalized spacial score (nSPS) is 16.3. The van der Waals surface area contributed by atoms with Crippen LogP contribution in [0.1, 0.15) is 31.2 Å². The summed E-state index contributed by atoms with van der Waals surface area (Å²) in [6, 6.07) is 2.89. The first-order valence-corrected chi connectivity index (χ1v) is 8.31. The Morgan fingerprint density at radius 2 is 2.11 bits per heavy atom. The summed E-state index contributed by atoms with van der Waals surface area (Å²) in [6.45, 7) is 2.23. The number of sulfonamides is 1. The molecule has 0 bridgehead atoms. The Balaban J connectivity index is 2.05. The van der Waals surface area contributed by atoms with Gasteiger partial charge < -0.3 is 5.73 Å². The Kier molecular flexibility index (Phi) is 4.38. The number of anilines is 1. The molecule has 6 heteroatoms. The van der Waals surface area contributed by atoms with Crippen molar-refractivity contribution in [3.05, 3.63) is 22.7 Å². The second-order valence-corrected chi connectivity index (χ2v) is 7.28. The van der Waals surface area contributed by atoms with Gasteiger partial charge in [0.2, 0.25) is 10.0 Å². The number of benzene rings is 1. The number of nitrogens with one attached hydrogen (secondary N) is 1. The summed E-state index contributed by atoms with van der Waals surface area (Å²) < 4.78 is 26.8. The minimum atomic E-state index is -3.52. The highest BCUT2D eigenvalue weighted by molar-refractivity contribution is 7.89. The average molecular weight is 303 g/mol. The maximum absolute atomic E-state index is 12.1. The molecular formula is C13H19ClN2O2S. The monoisotopic (exact) mass is 302 g/mol. The molecule has 0 aliphatic heterocycles. The number of hydrogen-bond acceptors (Lipinski definition) is 3. The van der Waals surface area contributed by atoms with Crippen LogP contribution < -0.4 is 10.5 Å². The summed E-state index contributed by atoms with van der Waals surface area (Å²) in [5.74, 6) is 0.675. The summed E-state index contributed by atoms with van der Waals surface area (Å²) in [7, 11) is -3.52. The van der Waals surface area contributed by atoms with Crippen molar-refractivity contribution in [2.24, 2.45) is 5.92 Å². The molecule has 0 saturated heterocycles. The van der Waals surface area contributed by atoms with E-state index in [1.54, 1.807) is 6.92 Å². The van der Waals surface area contributed by atoms with E-state index < -0.39 is 10.0 Å². The van der Waals surface area contributed by atoms with E-state index in [0.717, 1.165) is 6.42 Å². The van der Waals surface area contributed by atoms with E-state index in [1.807, 2.05) is 0 Å². The molecule has 1 aromatic carbocycles. The number of nitrogen functional groups attached to an aromatic ring is 1. The van der Waals surface area contributed by atoms with Crippen molar-refractivity contribution < 1.29 is 8.42 Å². The fourth-order valence-electron chi connectivity index (χ4n) is 2.09. The number of halogens is 1. The highest BCUT2D eigenvalue weighted by Crippen LogP contribution is 2.29. The first-order valence-electron chi connectivity index (χ1n) is 6.45. The van der Waals surface area contributed by atoms with Crippen molar-refractivity contribution in [1.29, 1.82) is 0 Å². The molecule has 0 aromatic heterocycles. The molecule has 0 atom stereocenters. The molecule has 0 spiro atoms. The lowest BCUT2D eigenvalue weighted by Crippen LogP contribution is -2.27. The van der Waals surface area contributed by atoms with Gasteiger partial charge in [0, 0.05) is 17.3 Å². The first kappa shape index (κ1) is 14.6. The van der Waals surface area contributed by atoms with Gasteiger partial charge >= 0.3 is 0 Å². The summed E-state index contributed by atoms with van der Waals surface area (Å²) in [5, 5.41) is 0.374. The molecule has 1 aliphatic carbocycles. The fraction of sp³-hybridized carbons (Fsp3) is 0.538. The van der Waals surface area contributed by atoms with E-state index in [-0.39, 0.29) is 4.90 Å². The average Bonchev–Trinajstić information content (AvgIpc) is 2.28. The van der Waals surface area contributed by atoms with Crippen LogP contribution in [-0.2, 0) is 10.0 Å². The summed E-state index contributed by atoms with van der Waals surface area (Å²) in [5.41, 5.74) is 6.85. The van der Waals surface area contributed by atoms with Gasteiger partial charge in [-0.05, 0) is 37.0 Å². The van der Waals surface area contributed by atoms with E-state index in [9.17, 15) is 8.42 Å². The summed E-state index contributed by atoms with van der Waals surface area (Å²) >= 11 is 5.97. The lowest BCUT2D eigenvalue weighted by atomic mass is 9.83. The van der Waals surface area contributed by atoms with Crippen molar-refractivity contribution in [2.75, 3.05) is 12.3 Å². The third kappa shape index (κ3) is 3.41. The molecule has 0 amide bonds. The van der Waals surface area contributed by atoms with Crippen molar-refractivity contribution in [2.45, 2.75) is 37.5 Å².